The van der Waals surface area contributed by atoms with Crippen LogP contribution in [0.5, 0.6) is 0 Å². The van der Waals surface area contributed by atoms with E-state index in [0.29, 0.717) is 32.4 Å². The molecular formula is C41H68N6O7S. The molecule has 5 aliphatic carbocycles. The monoisotopic (exact) mass is 788 g/mol. The second-order valence-corrected chi connectivity index (χ2v) is 21.8. The molecule has 0 bridgehead atoms. The van der Waals surface area contributed by atoms with Crippen molar-refractivity contribution < 1.29 is 32.4 Å². The van der Waals surface area contributed by atoms with Crippen LogP contribution in [0.3, 0.4) is 0 Å². The van der Waals surface area contributed by atoms with Gasteiger partial charge in [-0.3, -0.25) is 19.2 Å². The molecular weight excluding hydrogens is 721 g/mol. The number of carbonyl (C=O) groups excluding carboxylic acids is 5. The van der Waals surface area contributed by atoms with E-state index in [-0.39, 0.29) is 40.9 Å². The van der Waals surface area contributed by atoms with Gasteiger partial charge in [-0.15, -0.1) is 0 Å². The first kappa shape index (κ1) is 41.9. The average Bonchev–Trinajstić information content (AvgIpc) is 4.06. The number of fused-ring (bicyclic) bond motifs is 1. The predicted octanol–water partition coefficient (Wildman–Crippen LogP) is 4.39. The standard InChI is InChI=1S/C41H68N6O7S/c1-8-47(38(2,3)4)55(53,54)25-41(21-13-10-14-22-41)45-37(52)44-33(40(7)19-11-9-12-20-40)36(51)46-24-28-30(39(28,5)6)31(46)34(49)43-29(23-26-15-16-26)32(48)35(50)42-27-17-18-27/h26-31,33H,8-25H2,1-7H3,(H,42,50)(H,43,49)(H2,44,45,52)/t28-,29-,30-,31-,33+/m0/s1. The molecule has 0 aromatic carbocycles. The third-order valence-electron chi connectivity index (χ3n) is 14.0. The van der Waals surface area contributed by atoms with Crippen LogP contribution >= 0.6 is 0 Å². The van der Waals surface area contributed by atoms with Gasteiger partial charge in [0.05, 0.1) is 17.3 Å². The maximum Gasteiger partial charge on any atom is 0.315 e. The van der Waals surface area contributed by atoms with Crippen molar-refractivity contribution in [1.82, 2.24) is 30.5 Å². The summed E-state index contributed by atoms with van der Waals surface area (Å²) in [5, 5.41) is 11.9. The normalized spacial score (nSPS) is 28.0. The molecule has 0 aromatic rings. The number of piperidine rings is 1. The summed E-state index contributed by atoms with van der Waals surface area (Å²) in [6, 6.07) is -3.31. The van der Waals surface area contributed by atoms with E-state index in [1.165, 1.54) is 4.31 Å². The molecule has 6 rings (SSSR count). The van der Waals surface area contributed by atoms with Gasteiger partial charge >= 0.3 is 6.03 Å². The molecule has 0 spiro atoms. The fourth-order valence-electron chi connectivity index (χ4n) is 10.4. The van der Waals surface area contributed by atoms with Crippen LogP contribution < -0.4 is 21.3 Å². The number of hydrogen-bond acceptors (Lipinski definition) is 7. The molecule has 5 atom stereocenters. The molecule has 1 heterocycles. The fourth-order valence-corrected chi connectivity index (χ4v) is 12.9. The van der Waals surface area contributed by atoms with Gasteiger partial charge in [0.25, 0.3) is 5.91 Å². The molecule has 5 saturated carbocycles. The minimum atomic E-state index is -3.76. The molecule has 55 heavy (non-hydrogen) atoms. The lowest BCUT2D eigenvalue weighted by molar-refractivity contribution is -0.146. The lowest BCUT2D eigenvalue weighted by Crippen LogP contribution is -2.65. The number of nitrogens with one attached hydrogen (secondary N) is 4. The Morgan fingerprint density at radius 3 is 2.00 bits per heavy atom. The maximum atomic E-state index is 15.0. The molecule has 6 aliphatic rings. The van der Waals surface area contributed by atoms with Gasteiger partial charge in [0.1, 0.15) is 12.1 Å². The van der Waals surface area contributed by atoms with E-state index in [0.717, 1.165) is 77.0 Å². The molecule has 1 aliphatic heterocycles. The van der Waals surface area contributed by atoms with E-state index >= 15 is 4.79 Å². The molecule has 4 N–H and O–H groups in total. The number of urea groups is 1. The summed E-state index contributed by atoms with van der Waals surface area (Å²) in [7, 11) is -3.76. The molecule has 0 unspecified atom stereocenters. The van der Waals surface area contributed by atoms with Crippen LogP contribution in [0.2, 0.25) is 0 Å². The summed E-state index contributed by atoms with van der Waals surface area (Å²) in [5.74, 6) is -2.04. The van der Waals surface area contributed by atoms with Crippen molar-refractivity contribution in [3.8, 4) is 0 Å². The third-order valence-corrected chi connectivity index (χ3v) is 16.4. The van der Waals surface area contributed by atoms with Crippen molar-refractivity contribution in [1.29, 1.82) is 0 Å². The van der Waals surface area contributed by atoms with Gasteiger partial charge in [0, 0.05) is 24.7 Å². The largest absolute Gasteiger partial charge is 0.347 e. The molecule has 14 heteroatoms. The highest BCUT2D eigenvalue weighted by Crippen LogP contribution is 2.65. The second kappa shape index (κ2) is 15.5. The zero-order valence-corrected chi connectivity index (χ0v) is 35.2. The lowest BCUT2D eigenvalue weighted by atomic mass is 9.70. The molecule has 310 valence electrons. The van der Waals surface area contributed by atoms with Crippen molar-refractivity contribution in [3.63, 3.8) is 0 Å². The Labute approximate surface area is 329 Å². The first-order chi connectivity index (χ1) is 25.7. The number of carbonyl (C=O) groups is 5. The Morgan fingerprint density at radius 1 is 0.855 bits per heavy atom. The second-order valence-electron chi connectivity index (χ2n) is 19.9. The van der Waals surface area contributed by atoms with Crippen LogP contribution in [0.25, 0.3) is 0 Å². The molecule has 0 aromatic heterocycles. The van der Waals surface area contributed by atoms with Crippen LogP contribution in [0.15, 0.2) is 0 Å². The third kappa shape index (κ3) is 9.20. The summed E-state index contributed by atoms with van der Waals surface area (Å²) in [6.07, 6.45) is 11.8. The van der Waals surface area contributed by atoms with E-state index in [9.17, 15) is 27.6 Å². The van der Waals surface area contributed by atoms with Crippen molar-refractivity contribution in [2.75, 3.05) is 18.8 Å². The van der Waals surface area contributed by atoms with Gasteiger partial charge in [0.15, 0.2) is 0 Å². The Balaban J connectivity index is 1.24. The van der Waals surface area contributed by atoms with E-state index < -0.39 is 68.3 Å². The van der Waals surface area contributed by atoms with Gasteiger partial charge in [-0.05, 0) is 94.3 Å². The summed E-state index contributed by atoms with van der Waals surface area (Å²) < 4.78 is 29.4. The van der Waals surface area contributed by atoms with E-state index in [1.54, 1.807) is 4.90 Å². The summed E-state index contributed by atoms with van der Waals surface area (Å²) in [5.41, 5.74) is -2.39. The van der Waals surface area contributed by atoms with Gasteiger partial charge in [-0.1, -0.05) is 79.1 Å². The first-order valence-corrected chi connectivity index (χ1v) is 22.9. The molecule has 6 fully saturated rings. The minimum Gasteiger partial charge on any atom is -0.347 e. The van der Waals surface area contributed by atoms with Crippen molar-refractivity contribution in [2.24, 2.45) is 28.6 Å². The predicted molar refractivity (Wildman–Crippen MR) is 210 cm³/mol. The number of ketones is 1. The lowest BCUT2D eigenvalue weighted by Gasteiger charge is -2.44. The number of Topliss-reactive ketones (excluding diaryl/α,β-unsaturated/α-hetero) is 1. The van der Waals surface area contributed by atoms with Crippen molar-refractivity contribution >= 4 is 39.6 Å². The molecule has 5 amide bonds. The van der Waals surface area contributed by atoms with Crippen molar-refractivity contribution in [2.45, 2.75) is 180 Å². The van der Waals surface area contributed by atoms with Gasteiger partial charge in [-0.25, -0.2) is 13.2 Å². The molecule has 1 saturated heterocycles. The molecule has 13 nitrogen and oxygen atoms in total. The number of likely N-dealkylation sites (tertiary alicyclic amines) is 1. The number of sulfonamides is 1. The quantitative estimate of drug-likeness (QED) is 0.178. The number of amides is 5. The van der Waals surface area contributed by atoms with Crippen LogP contribution in [0, 0.1) is 28.6 Å². The van der Waals surface area contributed by atoms with E-state index in [2.05, 4.69) is 35.1 Å². The van der Waals surface area contributed by atoms with Crippen LogP contribution in [-0.2, 0) is 29.2 Å². The Hall–Kier alpha value is -2.74. The smallest absolute Gasteiger partial charge is 0.315 e. The van der Waals surface area contributed by atoms with Crippen molar-refractivity contribution in [3.05, 3.63) is 0 Å². The van der Waals surface area contributed by atoms with E-state index in [4.69, 9.17) is 0 Å². The average molecular weight is 789 g/mol. The van der Waals surface area contributed by atoms with Crippen LogP contribution in [0.4, 0.5) is 4.79 Å². The summed E-state index contributed by atoms with van der Waals surface area (Å²) in [6.45, 7) is 14.4. The zero-order valence-electron chi connectivity index (χ0n) is 34.4. The highest BCUT2D eigenvalue weighted by atomic mass is 32.2. The number of rotatable bonds is 15. The topological polar surface area (TPSA) is 174 Å². The zero-order chi connectivity index (χ0) is 40.1. The van der Waals surface area contributed by atoms with Gasteiger partial charge < -0.3 is 26.2 Å². The van der Waals surface area contributed by atoms with Gasteiger partial charge in [-0.2, -0.15) is 4.31 Å². The van der Waals surface area contributed by atoms with Crippen LogP contribution in [0.1, 0.15) is 145 Å². The maximum absolute atomic E-state index is 15.0. The highest BCUT2D eigenvalue weighted by molar-refractivity contribution is 7.89. The number of nitrogens with zero attached hydrogens (tertiary/aromatic N) is 2. The molecule has 0 radical (unpaired) electrons. The number of hydrogen-bond donors (Lipinski definition) is 4. The highest BCUT2D eigenvalue weighted by Gasteiger charge is 2.70. The Kier molecular flexibility index (Phi) is 11.8. The summed E-state index contributed by atoms with van der Waals surface area (Å²) >= 11 is 0. The van der Waals surface area contributed by atoms with Gasteiger partial charge in [0.2, 0.25) is 27.6 Å². The Morgan fingerprint density at radius 2 is 1.45 bits per heavy atom. The summed E-state index contributed by atoms with van der Waals surface area (Å²) in [4.78, 5) is 71.6. The van der Waals surface area contributed by atoms with E-state index in [1.807, 2.05) is 34.6 Å². The SMILES string of the molecule is CCN(C(C)(C)C)S(=O)(=O)CC1(NC(=O)N[C@H](C(=O)N2C[C@H]3[C@@H]([C@H]2C(=O)N[C@@H](CC2CC2)C(=O)C(=O)NC2CC2)C3(C)C)C2(C)CCCCC2)CCCCC1. The first-order valence-electron chi connectivity index (χ1n) is 21.3. The minimum absolute atomic E-state index is 0.0133. The Bertz CT molecular complexity index is 1600. The van der Waals surface area contributed by atoms with Crippen LogP contribution in [-0.4, -0.2) is 101 Å². The fraction of sp³-hybridized carbons (Fsp3) is 0.878.